The van der Waals surface area contributed by atoms with Crippen molar-refractivity contribution < 1.29 is 4.79 Å². The van der Waals surface area contributed by atoms with E-state index in [1.54, 1.807) is 0 Å². The van der Waals surface area contributed by atoms with Gasteiger partial charge in [0.25, 0.3) is 0 Å². The normalized spacial score (nSPS) is 9.71. The summed E-state index contributed by atoms with van der Waals surface area (Å²) in [4.78, 5) is 11.8. The number of rotatable bonds is 2. The van der Waals surface area contributed by atoms with Crippen LogP contribution in [0.15, 0.2) is 60.7 Å². The van der Waals surface area contributed by atoms with Crippen LogP contribution in [0.3, 0.4) is 0 Å². The van der Waals surface area contributed by atoms with Crippen LogP contribution in [0.1, 0.15) is 15.9 Å². The summed E-state index contributed by atoms with van der Waals surface area (Å²) in [7, 11) is 0. The third-order valence-corrected chi connectivity index (χ3v) is 2.07. The molecule has 0 heterocycles. The van der Waals surface area contributed by atoms with Crippen LogP contribution in [0.5, 0.6) is 0 Å². The van der Waals surface area contributed by atoms with Gasteiger partial charge in [-0.15, -0.1) is 0 Å². The molecule has 0 N–H and O–H groups in total. The maximum absolute atomic E-state index is 11.8. The topological polar surface area (TPSA) is 17.1 Å². The summed E-state index contributed by atoms with van der Waals surface area (Å²) in [6, 6.07) is 18.6. The molecule has 0 aliphatic carbocycles. The number of hydrogen-bond acceptors (Lipinski definition) is 1. The van der Waals surface area contributed by atoms with Crippen molar-refractivity contribution in [1.29, 1.82) is 0 Å². The van der Waals surface area contributed by atoms with E-state index >= 15 is 0 Å². The van der Waals surface area contributed by atoms with E-state index in [0.717, 1.165) is 11.1 Å². The number of benzene rings is 2. The van der Waals surface area contributed by atoms with E-state index < -0.39 is 0 Å². The third-order valence-electron chi connectivity index (χ3n) is 2.07. The van der Waals surface area contributed by atoms with Crippen molar-refractivity contribution in [2.75, 3.05) is 0 Å². The Labute approximate surface area is 83.0 Å². The smallest absolute Gasteiger partial charge is 0.193 e. The highest BCUT2D eigenvalue weighted by Crippen LogP contribution is 2.08. The molecule has 0 atom stereocenters. The highest BCUT2D eigenvalue weighted by molar-refractivity contribution is 6.08. The molecule has 14 heavy (non-hydrogen) atoms. The van der Waals surface area contributed by atoms with Crippen molar-refractivity contribution in [3.63, 3.8) is 0 Å². The lowest BCUT2D eigenvalue weighted by Crippen LogP contribution is -1.99. The van der Waals surface area contributed by atoms with Crippen LogP contribution < -0.4 is 0 Å². The molecule has 1 heteroatoms. The average molecular weight is 183 g/mol. The van der Waals surface area contributed by atoms with Crippen LogP contribution in [0.25, 0.3) is 0 Å². The zero-order valence-electron chi connectivity index (χ0n) is 7.68. The number of carbonyl (C=O) groups is 1. The van der Waals surface area contributed by atoms with E-state index in [2.05, 4.69) is 0 Å². The van der Waals surface area contributed by atoms with E-state index in [0.29, 0.717) is 0 Å². The Morgan fingerprint density at radius 2 is 1.00 bits per heavy atom. The van der Waals surface area contributed by atoms with Gasteiger partial charge in [0.1, 0.15) is 0 Å². The summed E-state index contributed by atoms with van der Waals surface area (Å²) in [6.07, 6.45) is 0. The molecule has 0 fully saturated rings. The second-order valence-electron chi connectivity index (χ2n) is 3.06. The predicted molar refractivity (Wildman–Crippen MR) is 56.3 cm³/mol. The van der Waals surface area contributed by atoms with Gasteiger partial charge in [-0.25, -0.2) is 0 Å². The van der Waals surface area contributed by atoms with Crippen LogP contribution in [0, 0.1) is 0 Å². The van der Waals surface area contributed by atoms with Crippen LogP contribution in [-0.2, 0) is 0 Å². The van der Waals surface area contributed by atoms with Crippen molar-refractivity contribution in [2.24, 2.45) is 0 Å². The minimum Gasteiger partial charge on any atom is -0.289 e. The summed E-state index contributed by atoms with van der Waals surface area (Å²) in [5, 5.41) is 0. The molecule has 0 radical (unpaired) electrons. The van der Waals surface area contributed by atoms with Crippen molar-refractivity contribution in [1.82, 2.24) is 0 Å². The molecular weight excluding hydrogens is 173 g/mol. The minimum atomic E-state index is 0.0752. The van der Waals surface area contributed by atoms with Gasteiger partial charge < -0.3 is 0 Å². The highest BCUT2D eigenvalue weighted by atomic mass is 17.1. The van der Waals surface area contributed by atoms with E-state index in [1.807, 2.05) is 60.7 Å². The first-order valence-corrected chi connectivity index (χ1v) is 4.53. The summed E-state index contributed by atoms with van der Waals surface area (Å²) in [5.41, 5.74) is 1.47. The lowest BCUT2D eigenvalue weighted by atomic mass is 10.0. The molecule has 0 aliphatic heterocycles. The van der Waals surface area contributed by atoms with Crippen molar-refractivity contribution in [3.05, 3.63) is 71.8 Å². The molecule has 2 aromatic rings. The maximum Gasteiger partial charge on any atom is 0.193 e. The second kappa shape index (κ2) is 3.88. The lowest BCUT2D eigenvalue weighted by Gasteiger charge is -1.99. The second-order valence-corrected chi connectivity index (χ2v) is 3.06. The van der Waals surface area contributed by atoms with E-state index in [9.17, 15) is 4.79 Å². The van der Waals surface area contributed by atoms with Gasteiger partial charge in [-0.2, -0.15) is 0 Å². The van der Waals surface area contributed by atoms with Crippen molar-refractivity contribution in [3.8, 4) is 0 Å². The summed E-state index contributed by atoms with van der Waals surface area (Å²) < 4.78 is 0. The van der Waals surface area contributed by atoms with Gasteiger partial charge in [-0.05, 0) is 0 Å². The number of ketones is 1. The SMILES string of the molecule is [17O]=C(c1ccccc1)c1ccccc1. The molecule has 68 valence electrons. The van der Waals surface area contributed by atoms with E-state index in [-0.39, 0.29) is 5.78 Å². The summed E-state index contributed by atoms with van der Waals surface area (Å²) >= 11 is 0. The Morgan fingerprint density at radius 3 is 1.36 bits per heavy atom. The van der Waals surface area contributed by atoms with Crippen LogP contribution >= 0.6 is 0 Å². The Hall–Kier alpha value is -1.89. The van der Waals surface area contributed by atoms with Gasteiger partial charge in [0.05, 0.1) is 0 Å². The van der Waals surface area contributed by atoms with Gasteiger partial charge in [0, 0.05) is 11.1 Å². The largest absolute Gasteiger partial charge is 0.289 e. The molecule has 0 bridgehead atoms. The molecule has 0 spiro atoms. The fourth-order valence-corrected chi connectivity index (χ4v) is 1.35. The van der Waals surface area contributed by atoms with Gasteiger partial charge in [0.15, 0.2) is 5.78 Å². The Bertz CT molecular complexity index is 376. The van der Waals surface area contributed by atoms with Gasteiger partial charge in [0.2, 0.25) is 0 Å². The zero-order valence-corrected chi connectivity index (χ0v) is 7.68. The van der Waals surface area contributed by atoms with E-state index in [4.69, 9.17) is 0 Å². The first kappa shape index (κ1) is 8.70. The molecule has 0 unspecified atom stereocenters. The fourth-order valence-electron chi connectivity index (χ4n) is 1.35. The average Bonchev–Trinajstić information content (AvgIpc) is 2.30. The Kier molecular flexibility index (Phi) is 2.41. The molecular formula is C13H10O. The van der Waals surface area contributed by atoms with Gasteiger partial charge >= 0.3 is 0 Å². The van der Waals surface area contributed by atoms with Crippen molar-refractivity contribution >= 4 is 5.78 Å². The minimum absolute atomic E-state index is 0.0752. The van der Waals surface area contributed by atoms with Gasteiger partial charge in [-0.1, -0.05) is 60.7 Å². The number of carbonyl (C=O) groups excluding carboxylic acids is 1. The molecule has 2 rings (SSSR count). The molecule has 2 aromatic carbocycles. The highest BCUT2D eigenvalue weighted by Gasteiger charge is 2.06. The van der Waals surface area contributed by atoms with Crippen LogP contribution in [-0.4, -0.2) is 5.78 Å². The maximum atomic E-state index is 11.8. The Morgan fingerprint density at radius 1 is 0.643 bits per heavy atom. The monoisotopic (exact) mass is 183 g/mol. The van der Waals surface area contributed by atoms with Crippen LogP contribution in [0.4, 0.5) is 0 Å². The quantitative estimate of drug-likeness (QED) is 0.654. The fraction of sp³-hybridized carbons (Fsp3) is 0. The first-order valence-electron chi connectivity index (χ1n) is 4.53. The Balaban J connectivity index is 2.35. The summed E-state index contributed by atoms with van der Waals surface area (Å²) in [5.74, 6) is 0.0752. The molecule has 1 nitrogen and oxygen atoms in total. The lowest BCUT2D eigenvalue weighted by molar-refractivity contribution is 0.103. The van der Waals surface area contributed by atoms with Gasteiger partial charge in [-0.3, -0.25) is 4.79 Å². The molecule has 0 amide bonds. The standard InChI is InChI=1S/C13H10O/c14-13(11-7-3-1-4-8-11)12-9-5-2-6-10-12/h1-10H/i14+1. The van der Waals surface area contributed by atoms with Crippen LogP contribution in [0.2, 0.25) is 0 Å². The molecule has 0 saturated heterocycles. The molecule has 0 aromatic heterocycles. The number of hydrogen-bond donors (Lipinski definition) is 0. The third kappa shape index (κ3) is 1.72. The summed E-state index contributed by atoms with van der Waals surface area (Å²) in [6.45, 7) is 0. The molecule has 0 saturated carbocycles. The molecule has 0 aliphatic rings. The predicted octanol–water partition coefficient (Wildman–Crippen LogP) is 2.92. The zero-order chi connectivity index (χ0) is 9.80. The first-order chi connectivity index (χ1) is 6.88. The van der Waals surface area contributed by atoms with Crippen molar-refractivity contribution in [2.45, 2.75) is 0 Å². The van der Waals surface area contributed by atoms with E-state index in [1.165, 1.54) is 0 Å².